The highest BCUT2D eigenvalue weighted by atomic mass is 16.2. The Hall–Kier alpha value is -5.65. The molecule has 0 unspecified atom stereocenters. The second-order valence-electron chi connectivity index (χ2n) is 13.3. The quantitative estimate of drug-likeness (QED) is 0.192. The molecule has 4 aromatic rings. The number of imide groups is 1. The number of hydrogen-bond donors (Lipinski definition) is 1. The molecule has 1 N–H and O–H groups in total. The average Bonchev–Trinajstić information content (AvgIpc) is 3.36. The normalized spacial score (nSPS) is 12.7. The molecule has 0 fully saturated rings. The fourth-order valence-corrected chi connectivity index (χ4v) is 4.85. The summed E-state index contributed by atoms with van der Waals surface area (Å²) in [6.45, 7) is 13.0. The summed E-state index contributed by atoms with van der Waals surface area (Å²) in [6.07, 6.45) is 2.46. The van der Waals surface area contributed by atoms with Gasteiger partial charge in [-0.05, 0) is 88.7 Å². The number of carbonyl (C=O) groups is 3. The van der Waals surface area contributed by atoms with Gasteiger partial charge in [0.25, 0.3) is 17.7 Å². The van der Waals surface area contributed by atoms with Crippen molar-refractivity contribution in [1.29, 1.82) is 0 Å². The molecule has 0 aromatic heterocycles. The molecule has 0 bridgehead atoms. The van der Waals surface area contributed by atoms with Crippen molar-refractivity contribution in [3.63, 3.8) is 0 Å². The molecule has 1 aliphatic heterocycles. The SMILES string of the molecule is CC(C)(C)c1ccc(C#Cc2cc(C#Cc3ccc(C(C)(C)C)cc3)cc(C(=O)Nc3ccc(N4C(=O)C=CC4=O)cc3)c2)cc1. The number of rotatable bonds is 3. The van der Waals surface area contributed by atoms with Crippen LogP contribution in [0.15, 0.2) is 103 Å². The fourth-order valence-electron chi connectivity index (χ4n) is 4.85. The summed E-state index contributed by atoms with van der Waals surface area (Å²) >= 11 is 0. The van der Waals surface area contributed by atoms with Crippen molar-refractivity contribution < 1.29 is 14.4 Å². The summed E-state index contributed by atoms with van der Waals surface area (Å²) in [7, 11) is 0. The molecular formula is C41H36N2O3. The van der Waals surface area contributed by atoms with E-state index in [4.69, 9.17) is 0 Å². The Morgan fingerprint density at radius 2 is 0.978 bits per heavy atom. The fraction of sp³-hybridized carbons (Fsp3) is 0.195. The predicted molar refractivity (Wildman–Crippen MR) is 185 cm³/mol. The number of benzene rings is 4. The maximum atomic E-state index is 13.4. The molecule has 3 amide bonds. The van der Waals surface area contributed by atoms with E-state index >= 15 is 0 Å². The molecule has 0 saturated carbocycles. The summed E-state index contributed by atoms with van der Waals surface area (Å²) in [5.41, 5.74) is 6.98. The van der Waals surface area contributed by atoms with E-state index < -0.39 is 11.8 Å². The van der Waals surface area contributed by atoms with Crippen molar-refractivity contribution in [2.75, 3.05) is 10.2 Å². The van der Waals surface area contributed by atoms with E-state index in [0.29, 0.717) is 28.1 Å². The average molecular weight is 605 g/mol. The maximum Gasteiger partial charge on any atom is 0.258 e. The van der Waals surface area contributed by atoms with Crippen molar-refractivity contribution in [1.82, 2.24) is 0 Å². The number of nitrogens with one attached hydrogen (secondary N) is 1. The molecule has 0 spiro atoms. The Labute approximate surface area is 271 Å². The molecule has 4 aromatic carbocycles. The van der Waals surface area contributed by atoms with Crippen molar-refractivity contribution in [3.8, 4) is 23.7 Å². The molecule has 0 aliphatic carbocycles. The third kappa shape index (κ3) is 7.70. The van der Waals surface area contributed by atoms with Crippen LogP contribution in [0.1, 0.15) is 85.3 Å². The Bertz CT molecular complexity index is 1850. The highest BCUT2D eigenvalue weighted by Gasteiger charge is 2.25. The first-order valence-electron chi connectivity index (χ1n) is 15.1. The second kappa shape index (κ2) is 12.8. The second-order valence-corrected chi connectivity index (χ2v) is 13.3. The lowest BCUT2D eigenvalue weighted by atomic mass is 9.87. The molecule has 1 aliphatic rings. The number of hydrogen-bond acceptors (Lipinski definition) is 3. The standard InChI is InChI=1S/C41H36N2O3/c1-40(2,3)33-15-11-28(12-16-33)7-9-30-25-31(10-8-29-13-17-34(18-14-29)41(4,5)6)27-32(26-30)39(46)42-35-19-21-36(22-20-35)43-37(44)23-24-38(43)45/h11-27H,1-6H3,(H,42,46). The third-order valence-electron chi connectivity index (χ3n) is 7.59. The van der Waals surface area contributed by atoms with Crippen LogP contribution in [-0.2, 0) is 20.4 Å². The van der Waals surface area contributed by atoms with Crippen molar-refractivity contribution >= 4 is 29.1 Å². The Kier molecular flexibility index (Phi) is 8.81. The highest BCUT2D eigenvalue weighted by Crippen LogP contribution is 2.24. The maximum absolute atomic E-state index is 13.4. The van der Waals surface area contributed by atoms with Gasteiger partial charge in [-0.1, -0.05) is 89.5 Å². The minimum atomic E-state index is -0.399. The first-order chi connectivity index (χ1) is 21.8. The molecule has 0 atom stereocenters. The van der Waals surface area contributed by atoms with Crippen molar-refractivity contribution in [3.05, 3.63) is 142 Å². The van der Waals surface area contributed by atoms with Gasteiger partial charge in [-0.3, -0.25) is 14.4 Å². The van der Waals surface area contributed by atoms with E-state index in [1.807, 2.05) is 30.3 Å². The molecule has 5 nitrogen and oxygen atoms in total. The Morgan fingerprint density at radius 1 is 0.565 bits per heavy atom. The van der Waals surface area contributed by atoms with Crippen LogP contribution in [0.25, 0.3) is 0 Å². The van der Waals surface area contributed by atoms with E-state index in [2.05, 4.69) is 94.8 Å². The number of nitrogens with zero attached hydrogens (tertiary/aromatic N) is 1. The monoisotopic (exact) mass is 604 g/mol. The van der Waals surface area contributed by atoms with E-state index in [-0.39, 0.29) is 16.7 Å². The van der Waals surface area contributed by atoms with Gasteiger partial charge >= 0.3 is 0 Å². The zero-order valence-corrected chi connectivity index (χ0v) is 27.0. The van der Waals surface area contributed by atoms with Crippen LogP contribution in [-0.4, -0.2) is 17.7 Å². The van der Waals surface area contributed by atoms with Gasteiger partial charge in [0.1, 0.15) is 0 Å². The molecule has 5 rings (SSSR count). The summed E-state index contributed by atoms with van der Waals surface area (Å²) in [5.74, 6) is 11.7. The van der Waals surface area contributed by atoms with Gasteiger partial charge in [0.2, 0.25) is 0 Å². The summed E-state index contributed by atoms with van der Waals surface area (Å²) in [5, 5.41) is 2.90. The molecule has 46 heavy (non-hydrogen) atoms. The predicted octanol–water partition coefficient (Wildman–Crippen LogP) is 7.76. The largest absolute Gasteiger partial charge is 0.322 e. The third-order valence-corrected chi connectivity index (χ3v) is 7.59. The first-order valence-corrected chi connectivity index (χ1v) is 15.1. The van der Waals surface area contributed by atoms with Gasteiger partial charge in [-0.2, -0.15) is 0 Å². The van der Waals surface area contributed by atoms with Crippen LogP contribution in [0.2, 0.25) is 0 Å². The van der Waals surface area contributed by atoms with Crippen LogP contribution >= 0.6 is 0 Å². The van der Waals surface area contributed by atoms with Crippen LogP contribution in [0, 0.1) is 23.7 Å². The van der Waals surface area contributed by atoms with Gasteiger partial charge in [-0.15, -0.1) is 0 Å². The lowest BCUT2D eigenvalue weighted by Gasteiger charge is -2.18. The lowest BCUT2D eigenvalue weighted by molar-refractivity contribution is -0.119. The van der Waals surface area contributed by atoms with Crippen molar-refractivity contribution in [2.24, 2.45) is 0 Å². The molecule has 0 saturated heterocycles. The van der Waals surface area contributed by atoms with Crippen LogP contribution in [0.4, 0.5) is 11.4 Å². The van der Waals surface area contributed by atoms with Gasteiger partial charge in [-0.25, -0.2) is 4.90 Å². The Balaban J connectivity index is 1.43. The van der Waals surface area contributed by atoms with Gasteiger partial charge in [0.15, 0.2) is 0 Å². The van der Waals surface area contributed by atoms with Crippen molar-refractivity contribution in [2.45, 2.75) is 52.4 Å². The molecular weight excluding hydrogens is 568 g/mol. The smallest absolute Gasteiger partial charge is 0.258 e. The van der Waals surface area contributed by atoms with Crippen LogP contribution in [0.5, 0.6) is 0 Å². The van der Waals surface area contributed by atoms with E-state index in [9.17, 15) is 14.4 Å². The summed E-state index contributed by atoms with van der Waals surface area (Å²) < 4.78 is 0. The highest BCUT2D eigenvalue weighted by molar-refractivity contribution is 6.28. The zero-order valence-electron chi connectivity index (χ0n) is 27.0. The van der Waals surface area contributed by atoms with E-state index in [0.717, 1.165) is 16.0 Å². The van der Waals surface area contributed by atoms with Gasteiger partial charge < -0.3 is 5.32 Å². The molecule has 0 radical (unpaired) electrons. The zero-order chi connectivity index (χ0) is 33.1. The molecule has 228 valence electrons. The number of carbonyl (C=O) groups excluding carboxylic acids is 3. The van der Waals surface area contributed by atoms with E-state index in [1.165, 1.54) is 23.3 Å². The first kappa shape index (κ1) is 31.8. The summed E-state index contributed by atoms with van der Waals surface area (Å²) in [6, 6.07) is 28.3. The van der Waals surface area contributed by atoms with Crippen LogP contribution in [0.3, 0.4) is 0 Å². The van der Waals surface area contributed by atoms with Crippen LogP contribution < -0.4 is 10.2 Å². The minimum absolute atomic E-state index is 0.0504. The molecule has 5 heteroatoms. The van der Waals surface area contributed by atoms with E-state index in [1.54, 1.807) is 36.4 Å². The number of amides is 3. The molecule has 1 heterocycles. The number of anilines is 2. The topological polar surface area (TPSA) is 66.5 Å². The van der Waals surface area contributed by atoms with Gasteiger partial charge in [0, 0.05) is 45.7 Å². The summed E-state index contributed by atoms with van der Waals surface area (Å²) in [4.78, 5) is 38.6. The Morgan fingerprint density at radius 3 is 1.39 bits per heavy atom. The van der Waals surface area contributed by atoms with Gasteiger partial charge in [0.05, 0.1) is 5.69 Å². The minimum Gasteiger partial charge on any atom is -0.322 e. The lowest BCUT2D eigenvalue weighted by Crippen LogP contribution is -2.29.